The van der Waals surface area contributed by atoms with Crippen molar-refractivity contribution < 1.29 is 23.8 Å². The average molecular weight is 527 g/mol. The number of nitrogens with zero attached hydrogens (tertiary/aromatic N) is 2. The minimum atomic E-state index is -0.722. The third kappa shape index (κ3) is 4.98. The van der Waals surface area contributed by atoms with Crippen molar-refractivity contribution in [1.29, 1.82) is 0 Å². The zero-order valence-electron chi connectivity index (χ0n) is 20.0. The molecule has 36 heavy (non-hydrogen) atoms. The lowest BCUT2D eigenvalue weighted by atomic mass is 9.96. The summed E-state index contributed by atoms with van der Waals surface area (Å²) in [6.45, 7) is 4.95. The highest BCUT2D eigenvalue weighted by atomic mass is 35.5. The molecular formula is C26H23ClN2O6S. The summed E-state index contributed by atoms with van der Waals surface area (Å²) in [7, 11) is 1.46. The largest absolute Gasteiger partial charge is 0.493 e. The van der Waals surface area contributed by atoms with Crippen molar-refractivity contribution in [1.82, 2.24) is 4.57 Å². The summed E-state index contributed by atoms with van der Waals surface area (Å²) in [5.41, 5.74) is 1.84. The standard InChI is InChI=1S/C26H23ClN2O6S/c1-5-34-25(32)22-14(2)28-26-29(23(22)17-7-9-18(27)10-8-17)24(31)21(36-26)13-16-6-11-19(35-15(3)30)20(12-16)33-4/h6-13,23H,5H2,1-4H3/b21-13+/t23-/m1/s1. The number of hydrogen-bond acceptors (Lipinski definition) is 8. The van der Waals surface area contributed by atoms with Gasteiger partial charge in [-0.1, -0.05) is 41.1 Å². The summed E-state index contributed by atoms with van der Waals surface area (Å²) in [5.74, 6) is -0.365. The Hall–Kier alpha value is -3.69. The maximum absolute atomic E-state index is 13.6. The maximum Gasteiger partial charge on any atom is 0.338 e. The van der Waals surface area contributed by atoms with Crippen molar-refractivity contribution in [2.75, 3.05) is 13.7 Å². The van der Waals surface area contributed by atoms with Crippen LogP contribution in [-0.4, -0.2) is 30.2 Å². The SMILES string of the molecule is CCOC(=O)C1=C(C)N=c2s/c(=C/c3ccc(OC(C)=O)c(OC)c3)c(=O)n2[C@@H]1c1ccc(Cl)cc1. The van der Waals surface area contributed by atoms with Gasteiger partial charge in [0.05, 0.1) is 35.6 Å². The number of ether oxygens (including phenoxy) is 3. The zero-order valence-corrected chi connectivity index (χ0v) is 21.6. The number of esters is 2. The highest BCUT2D eigenvalue weighted by molar-refractivity contribution is 7.07. The molecule has 1 aromatic heterocycles. The minimum absolute atomic E-state index is 0.193. The molecule has 10 heteroatoms. The van der Waals surface area contributed by atoms with Crippen LogP contribution in [0.25, 0.3) is 6.08 Å². The summed E-state index contributed by atoms with van der Waals surface area (Å²) >= 11 is 7.29. The molecule has 0 N–H and O–H groups in total. The molecule has 3 aromatic rings. The molecular weight excluding hydrogens is 504 g/mol. The quantitative estimate of drug-likeness (QED) is 0.361. The molecule has 1 aliphatic rings. The number of benzene rings is 2. The van der Waals surface area contributed by atoms with Gasteiger partial charge in [0.15, 0.2) is 16.3 Å². The van der Waals surface area contributed by atoms with E-state index in [0.29, 0.717) is 42.5 Å². The number of rotatable bonds is 6. The smallest absolute Gasteiger partial charge is 0.338 e. The molecule has 0 spiro atoms. The van der Waals surface area contributed by atoms with Crippen LogP contribution < -0.4 is 24.4 Å². The molecule has 0 bridgehead atoms. The van der Waals surface area contributed by atoms with Crippen molar-refractivity contribution in [2.45, 2.75) is 26.8 Å². The summed E-state index contributed by atoms with van der Waals surface area (Å²) < 4.78 is 17.7. The number of carbonyl (C=O) groups excluding carboxylic acids is 2. The molecule has 0 unspecified atom stereocenters. The van der Waals surface area contributed by atoms with E-state index >= 15 is 0 Å². The first-order valence-electron chi connectivity index (χ1n) is 11.0. The van der Waals surface area contributed by atoms with Gasteiger partial charge in [0.25, 0.3) is 5.56 Å². The lowest BCUT2D eigenvalue weighted by Crippen LogP contribution is -2.39. The van der Waals surface area contributed by atoms with Crippen molar-refractivity contribution in [3.8, 4) is 11.5 Å². The fraction of sp³-hybridized carbons (Fsp3) is 0.231. The molecule has 1 aliphatic heterocycles. The lowest BCUT2D eigenvalue weighted by molar-refractivity contribution is -0.139. The second-order valence-electron chi connectivity index (χ2n) is 7.86. The van der Waals surface area contributed by atoms with Gasteiger partial charge in [-0.05, 0) is 55.3 Å². The lowest BCUT2D eigenvalue weighted by Gasteiger charge is -2.24. The molecule has 2 aromatic carbocycles. The molecule has 4 rings (SSSR count). The number of halogens is 1. The van der Waals surface area contributed by atoms with Gasteiger partial charge in [0, 0.05) is 11.9 Å². The van der Waals surface area contributed by atoms with Crippen LogP contribution in [0.5, 0.6) is 11.5 Å². The van der Waals surface area contributed by atoms with Crippen LogP contribution in [0.15, 0.2) is 63.5 Å². The van der Waals surface area contributed by atoms with Crippen LogP contribution in [0, 0.1) is 0 Å². The number of thiazole rings is 1. The summed E-state index contributed by atoms with van der Waals surface area (Å²) in [5, 5.41) is 0.538. The molecule has 8 nitrogen and oxygen atoms in total. The first kappa shape index (κ1) is 25.4. The predicted molar refractivity (Wildman–Crippen MR) is 136 cm³/mol. The third-order valence-corrected chi connectivity index (χ3v) is 6.68. The first-order chi connectivity index (χ1) is 17.2. The fourth-order valence-electron chi connectivity index (χ4n) is 3.92. The van der Waals surface area contributed by atoms with E-state index < -0.39 is 18.0 Å². The Kier molecular flexibility index (Phi) is 7.42. The highest BCUT2D eigenvalue weighted by Crippen LogP contribution is 2.31. The average Bonchev–Trinajstić information content (AvgIpc) is 3.13. The third-order valence-electron chi connectivity index (χ3n) is 5.44. The number of allylic oxidation sites excluding steroid dienone is 1. The molecule has 0 fully saturated rings. The van der Waals surface area contributed by atoms with Gasteiger partial charge in [-0.3, -0.25) is 14.2 Å². The number of methoxy groups -OCH3 is 1. The van der Waals surface area contributed by atoms with Gasteiger partial charge in [0.1, 0.15) is 0 Å². The number of aromatic nitrogens is 1. The summed E-state index contributed by atoms with van der Waals surface area (Å²) in [6, 6.07) is 11.2. The van der Waals surface area contributed by atoms with E-state index in [2.05, 4.69) is 4.99 Å². The van der Waals surface area contributed by atoms with Crippen LogP contribution >= 0.6 is 22.9 Å². The Bertz CT molecular complexity index is 1550. The summed E-state index contributed by atoms with van der Waals surface area (Å²) in [6.07, 6.45) is 1.70. The molecule has 2 heterocycles. The van der Waals surface area contributed by atoms with E-state index in [1.807, 2.05) is 0 Å². The Morgan fingerprint density at radius 1 is 1.17 bits per heavy atom. The van der Waals surface area contributed by atoms with Gasteiger partial charge in [-0.15, -0.1) is 0 Å². The number of hydrogen-bond donors (Lipinski definition) is 0. The van der Waals surface area contributed by atoms with Crippen molar-refractivity contribution in [3.05, 3.63) is 89.6 Å². The number of carbonyl (C=O) groups is 2. The second-order valence-corrected chi connectivity index (χ2v) is 9.30. The molecule has 0 amide bonds. The summed E-state index contributed by atoms with van der Waals surface area (Å²) in [4.78, 5) is 42.9. The predicted octanol–water partition coefficient (Wildman–Crippen LogP) is 3.39. The molecule has 0 aliphatic carbocycles. The molecule has 1 atom stereocenters. The first-order valence-corrected chi connectivity index (χ1v) is 12.2. The fourth-order valence-corrected chi connectivity index (χ4v) is 5.09. The molecule has 186 valence electrons. The van der Waals surface area contributed by atoms with Crippen LogP contribution in [0.4, 0.5) is 0 Å². The Morgan fingerprint density at radius 3 is 2.53 bits per heavy atom. The van der Waals surface area contributed by atoms with Crippen molar-refractivity contribution in [3.63, 3.8) is 0 Å². The van der Waals surface area contributed by atoms with E-state index in [-0.39, 0.29) is 17.9 Å². The Labute approximate surface area is 215 Å². The van der Waals surface area contributed by atoms with Gasteiger partial charge in [-0.25, -0.2) is 9.79 Å². The van der Waals surface area contributed by atoms with Crippen LogP contribution in [0.2, 0.25) is 5.02 Å². The molecule has 0 saturated carbocycles. The van der Waals surface area contributed by atoms with E-state index in [4.69, 9.17) is 25.8 Å². The van der Waals surface area contributed by atoms with Crippen molar-refractivity contribution in [2.24, 2.45) is 4.99 Å². The Morgan fingerprint density at radius 2 is 1.89 bits per heavy atom. The monoisotopic (exact) mass is 526 g/mol. The van der Waals surface area contributed by atoms with E-state index in [9.17, 15) is 14.4 Å². The van der Waals surface area contributed by atoms with Gasteiger partial charge >= 0.3 is 11.9 Å². The van der Waals surface area contributed by atoms with Gasteiger partial charge in [-0.2, -0.15) is 0 Å². The Balaban J connectivity index is 1.89. The topological polar surface area (TPSA) is 96.2 Å². The number of fused-ring (bicyclic) bond motifs is 1. The maximum atomic E-state index is 13.6. The van der Waals surface area contributed by atoms with Gasteiger partial charge in [0.2, 0.25) is 0 Å². The minimum Gasteiger partial charge on any atom is -0.493 e. The van der Waals surface area contributed by atoms with E-state index in [0.717, 1.165) is 0 Å². The highest BCUT2D eigenvalue weighted by Gasteiger charge is 2.33. The van der Waals surface area contributed by atoms with Crippen LogP contribution in [0.1, 0.15) is 37.9 Å². The molecule has 0 radical (unpaired) electrons. The van der Waals surface area contributed by atoms with E-state index in [1.54, 1.807) is 62.4 Å². The normalized spacial score (nSPS) is 15.2. The molecule has 0 saturated heterocycles. The second kappa shape index (κ2) is 10.5. The van der Waals surface area contributed by atoms with E-state index in [1.165, 1.54) is 29.9 Å². The van der Waals surface area contributed by atoms with Crippen LogP contribution in [0.3, 0.4) is 0 Å². The van der Waals surface area contributed by atoms with Gasteiger partial charge < -0.3 is 14.2 Å². The van der Waals surface area contributed by atoms with Crippen LogP contribution in [-0.2, 0) is 14.3 Å². The zero-order chi connectivity index (χ0) is 26.0. The van der Waals surface area contributed by atoms with Crippen molar-refractivity contribution >= 4 is 41.0 Å².